The Morgan fingerprint density at radius 1 is 1.06 bits per heavy atom. The molecule has 0 fully saturated rings. The Balaban J connectivity index is 1.69. The number of nitrogens with zero attached hydrogens (tertiary/aromatic N) is 1. The molecule has 3 rings (SSSR count). The number of carbonyl (C=O) groups is 3. The summed E-state index contributed by atoms with van der Waals surface area (Å²) in [6, 6.07) is 15.3. The number of rotatable bonds is 10. The van der Waals surface area contributed by atoms with Crippen LogP contribution in [0.3, 0.4) is 0 Å². The van der Waals surface area contributed by atoms with E-state index in [2.05, 4.69) is 15.6 Å². The Bertz CT molecular complexity index is 1060. The highest BCUT2D eigenvalue weighted by Crippen LogP contribution is 2.23. The van der Waals surface area contributed by atoms with Crippen LogP contribution in [0.4, 0.5) is 0 Å². The van der Waals surface area contributed by atoms with Crippen LogP contribution in [-0.2, 0) is 16.0 Å². The van der Waals surface area contributed by atoms with E-state index in [4.69, 9.17) is 0 Å². The van der Waals surface area contributed by atoms with Gasteiger partial charge in [-0.3, -0.25) is 9.59 Å². The van der Waals surface area contributed by atoms with Gasteiger partial charge in [0.15, 0.2) is 0 Å². The summed E-state index contributed by atoms with van der Waals surface area (Å²) in [4.78, 5) is 41.2. The third-order valence-electron chi connectivity index (χ3n) is 4.74. The molecular formula is C23H23N3O4S2. The Labute approximate surface area is 194 Å². The van der Waals surface area contributed by atoms with Crippen molar-refractivity contribution >= 4 is 40.9 Å². The second-order valence-electron chi connectivity index (χ2n) is 6.96. The second-order valence-corrected chi connectivity index (χ2v) is 8.72. The van der Waals surface area contributed by atoms with Crippen LogP contribution in [0, 0.1) is 0 Å². The molecule has 166 valence electrons. The zero-order chi connectivity index (χ0) is 22.9. The van der Waals surface area contributed by atoms with E-state index in [1.807, 2.05) is 42.5 Å². The smallest absolute Gasteiger partial charge is 0.326 e. The minimum absolute atomic E-state index is 0.0402. The molecule has 3 N–H and O–H groups in total. The van der Waals surface area contributed by atoms with Gasteiger partial charge in [-0.25, -0.2) is 9.78 Å². The zero-order valence-corrected chi connectivity index (χ0v) is 19.0. The van der Waals surface area contributed by atoms with Crippen molar-refractivity contribution in [1.29, 1.82) is 0 Å². The number of carboxylic acids is 1. The number of amides is 2. The van der Waals surface area contributed by atoms with E-state index in [0.717, 1.165) is 5.56 Å². The maximum absolute atomic E-state index is 13.0. The molecule has 0 aliphatic heterocycles. The first kappa shape index (κ1) is 23.5. The van der Waals surface area contributed by atoms with E-state index in [-0.39, 0.29) is 18.7 Å². The summed E-state index contributed by atoms with van der Waals surface area (Å²) in [5, 5.41) is 16.4. The lowest BCUT2D eigenvalue weighted by Gasteiger charge is -2.22. The van der Waals surface area contributed by atoms with Crippen molar-refractivity contribution in [2.24, 2.45) is 0 Å². The molecule has 0 saturated heterocycles. The third kappa shape index (κ3) is 6.41. The number of hydrogen-bond acceptors (Lipinski definition) is 6. The van der Waals surface area contributed by atoms with Crippen LogP contribution in [-0.4, -0.2) is 45.5 Å². The van der Waals surface area contributed by atoms with Crippen molar-refractivity contribution in [1.82, 2.24) is 15.6 Å². The lowest BCUT2D eigenvalue weighted by molar-refractivity contribution is -0.139. The van der Waals surface area contributed by atoms with Gasteiger partial charge in [0.2, 0.25) is 5.91 Å². The van der Waals surface area contributed by atoms with E-state index >= 15 is 0 Å². The molecule has 0 aliphatic carbocycles. The molecule has 2 unspecified atom stereocenters. The van der Waals surface area contributed by atoms with Crippen LogP contribution >= 0.6 is 23.1 Å². The highest BCUT2D eigenvalue weighted by atomic mass is 32.2. The van der Waals surface area contributed by atoms with E-state index in [1.54, 1.807) is 29.3 Å². The average Bonchev–Trinajstić information content (AvgIpc) is 3.31. The highest BCUT2D eigenvalue weighted by molar-refractivity contribution is 7.99. The van der Waals surface area contributed by atoms with E-state index < -0.39 is 23.3 Å². The van der Waals surface area contributed by atoms with Gasteiger partial charge in [0.25, 0.3) is 5.91 Å². The second kappa shape index (κ2) is 11.4. The molecule has 0 radical (unpaired) electrons. The van der Waals surface area contributed by atoms with Gasteiger partial charge in [-0.15, -0.1) is 23.1 Å². The summed E-state index contributed by atoms with van der Waals surface area (Å²) in [5.41, 5.74) is 4.28. The molecule has 0 saturated carbocycles. The topological polar surface area (TPSA) is 108 Å². The maximum Gasteiger partial charge on any atom is 0.326 e. The van der Waals surface area contributed by atoms with Crippen LogP contribution in [0.25, 0.3) is 11.1 Å². The Kier molecular flexibility index (Phi) is 8.41. The Hall–Kier alpha value is -3.17. The van der Waals surface area contributed by atoms with Gasteiger partial charge in [-0.05, 0) is 23.4 Å². The minimum atomic E-state index is -1.16. The van der Waals surface area contributed by atoms with Crippen molar-refractivity contribution < 1.29 is 19.5 Å². The van der Waals surface area contributed by atoms with E-state index in [9.17, 15) is 19.5 Å². The van der Waals surface area contributed by atoms with Crippen LogP contribution in [0.1, 0.15) is 22.5 Å². The fraction of sp³-hybridized carbons (Fsp3) is 0.217. The third-order valence-corrected chi connectivity index (χ3v) is 6.26. The monoisotopic (exact) mass is 469 g/mol. The van der Waals surface area contributed by atoms with Crippen molar-refractivity contribution in [2.45, 2.75) is 24.3 Å². The van der Waals surface area contributed by atoms with Crippen molar-refractivity contribution in [3.63, 3.8) is 0 Å². The number of benzene rings is 2. The summed E-state index contributed by atoms with van der Waals surface area (Å²) in [5.74, 6) is -1.89. The van der Waals surface area contributed by atoms with Crippen LogP contribution in [0.2, 0.25) is 0 Å². The molecule has 2 aromatic carbocycles. The molecule has 0 spiro atoms. The quantitative estimate of drug-likeness (QED) is 0.393. The largest absolute Gasteiger partial charge is 0.480 e. The highest BCUT2D eigenvalue weighted by Gasteiger charge is 2.26. The maximum atomic E-state index is 13.0. The molecule has 1 aromatic heterocycles. The Morgan fingerprint density at radius 2 is 1.78 bits per heavy atom. The number of carboxylic acid groups (broad SMARTS) is 1. The molecule has 3 aromatic rings. The van der Waals surface area contributed by atoms with Gasteiger partial charge in [0.05, 0.1) is 23.0 Å². The van der Waals surface area contributed by atoms with Crippen molar-refractivity contribution in [3.05, 3.63) is 76.7 Å². The predicted octanol–water partition coefficient (Wildman–Crippen LogP) is 3.43. The van der Waals surface area contributed by atoms with Gasteiger partial charge in [-0.1, -0.05) is 48.5 Å². The number of thiazole rings is 1. The molecule has 32 heavy (non-hydrogen) atoms. The standard InChI is InChI=1S/C23H23N3O4S2/c1-31-21(26-20(27)11-16-13-32-14-24-16)12-19(23(29)30)25-22(28)18-10-6-5-9-17(18)15-7-3-2-4-8-15/h2-10,13-14,19,21H,11-12H2,1H3,(H,25,28)(H,26,27)(H,29,30). The lowest BCUT2D eigenvalue weighted by Crippen LogP contribution is -2.46. The summed E-state index contributed by atoms with van der Waals surface area (Å²) >= 11 is 2.72. The molecule has 7 nitrogen and oxygen atoms in total. The fourth-order valence-electron chi connectivity index (χ4n) is 3.16. The van der Waals surface area contributed by atoms with Gasteiger partial charge in [0, 0.05) is 17.4 Å². The van der Waals surface area contributed by atoms with Crippen LogP contribution in [0.15, 0.2) is 65.5 Å². The lowest BCUT2D eigenvalue weighted by atomic mass is 9.99. The molecular weight excluding hydrogens is 446 g/mol. The number of carbonyl (C=O) groups excluding carboxylic acids is 2. The van der Waals surface area contributed by atoms with Gasteiger partial charge >= 0.3 is 5.97 Å². The average molecular weight is 470 g/mol. The van der Waals surface area contributed by atoms with Gasteiger partial charge in [-0.2, -0.15) is 0 Å². The van der Waals surface area contributed by atoms with Crippen molar-refractivity contribution in [2.75, 3.05) is 6.26 Å². The number of thioether (sulfide) groups is 1. The number of hydrogen-bond donors (Lipinski definition) is 3. The summed E-state index contributed by atoms with van der Waals surface area (Å²) in [7, 11) is 0. The Morgan fingerprint density at radius 3 is 2.44 bits per heavy atom. The molecule has 2 atom stereocenters. The summed E-state index contributed by atoms with van der Waals surface area (Å²) in [6.07, 6.45) is 1.94. The van der Waals surface area contributed by atoms with E-state index in [0.29, 0.717) is 16.8 Å². The fourth-order valence-corrected chi connectivity index (χ4v) is 4.35. The number of aromatic nitrogens is 1. The zero-order valence-electron chi connectivity index (χ0n) is 17.4. The first-order valence-corrected chi connectivity index (χ1v) is 12.1. The molecule has 9 heteroatoms. The van der Waals surface area contributed by atoms with Crippen LogP contribution in [0.5, 0.6) is 0 Å². The first-order valence-electron chi connectivity index (χ1n) is 9.85. The molecule has 0 bridgehead atoms. The van der Waals surface area contributed by atoms with E-state index in [1.165, 1.54) is 23.1 Å². The van der Waals surface area contributed by atoms with Crippen LogP contribution < -0.4 is 10.6 Å². The molecule has 2 amide bonds. The minimum Gasteiger partial charge on any atom is -0.480 e. The SMILES string of the molecule is CSC(CC(NC(=O)c1ccccc1-c1ccccc1)C(=O)O)NC(=O)Cc1cscn1. The first-order chi connectivity index (χ1) is 15.5. The summed E-state index contributed by atoms with van der Waals surface area (Å²) in [6.45, 7) is 0. The predicted molar refractivity (Wildman–Crippen MR) is 127 cm³/mol. The number of nitrogens with one attached hydrogen (secondary N) is 2. The van der Waals surface area contributed by atoms with Gasteiger partial charge < -0.3 is 15.7 Å². The normalized spacial score (nSPS) is 12.5. The van der Waals surface area contributed by atoms with Gasteiger partial charge in [0.1, 0.15) is 6.04 Å². The summed E-state index contributed by atoms with van der Waals surface area (Å²) < 4.78 is 0. The van der Waals surface area contributed by atoms with Crippen molar-refractivity contribution in [3.8, 4) is 11.1 Å². The number of aliphatic carboxylic acids is 1. The molecule has 1 heterocycles. The molecule has 0 aliphatic rings.